The molecular formula is C33H36N4O4S. The quantitative estimate of drug-likeness (QED) is 0.179. The number of methoxy groups -OCH3 is 1. The molecular weight excluding hydrogens is 548 g/mol. The Morgan fingerprint density at radius 3 is 2.45 bits per heavy atom. The first-order chi connectivity index (χ1) is 20.5. The Hall–Kier alpha value is -4.21. The molecule has 1 unspecified atom stereocenters. The van der Waals surface area contributed by atoms with Crippen molar-refractivity contribution in [2.75, 3.05) is 50.1 Å². The molecule has 8 nitrogen and oxygen atoms in total. The van der Waals surface area contributed by atoms with E-state index in [1.54, 1.807) is 35.6 Å². The first-order valence-electron chi connectivity index (χ1n) is 14.2. The Morgan fingerprint density at radius 1 is 1.00 bits per heavy atom. The highest BCUT2D eigenvalue weighted by atomic mass is 32.1. The summed E-state index contributed by atoms with van der Waals surface area (Å²) in [6, 6.07) is 23.4. The molecule has 1 atom stereocenters. The summed E-state index contributed by atoms with van der Waals surface area (Å²) < 4.78 is 11.1. The second-order valence-corrected chi connectivity index (χ2v) is 11.3. The number of anilines is 2. The van der Waals surface area contributed by atoms with E-state index in [2.05, 4.69) is 22.5 Å². The minimum Gasteiger partial charge on any atom is -0.493 e. The fraction of sp³-hybridized carbons (Fsp3) is 0.303. The number of esters is 1. The van der Waals surface area contributed by atoms with Crippen LogP contribution in [0.5, 0.6) is 5.75 Å². The number of nitrogens with zero attached hydrogens (tertiary/aromatic N) is 2. The van der Waals surface area contributed by atoms with Crippen molar-refractivity contribution in [1.29, 1.82) is 0 Å². The van der Waals surface area contributed by atoms with Crippen LogP contribution in [-0.4, -0.2) is 62.7 Å². The molecule has 9 heteroatoms. The van der Waals surface area contributed by atoms with E-state index in [1.165, 1.54) is 12.0 Å². The molecule has 0 spiro atoms. The number of para-hydroxylation sites is 1. The van der Waals surface area contributed by atoms with Crippen LogP contribution in [0.1, 0.15) is 32.1 Å². The smallest absolute Gasteiger partial charge is 0.328 e. The number of ether oxygens (including phenoxy) is 2. The summed E-state index contributed by atoms with van der Waals surface area (Å²) >= 11 is 1.75. The number of aromatic nitrogens is 1. The summed E-state index contributed by atoms with van der Waals surface area (Å²) in [5.41, 5.74) is 3.69. The van der Waals surface area contributed by atoms with Gasteiger partial charge in [0.05, 0.1) is 19.4 Å². The Kier molecular flexibility index (Phi) is 9.84. The topological polar surface area (TPSA) is 92.8 Å². The van der Waals surface area contributed by atoms with E-state index in [-0.39, 0.29) is 5.78 Å². The molecule has 0 bridgehead atoms. The van der Waals surface area contributed by atoms with Crippen molar-refractivity contribution in [3.8, 4) is 5.75 Å². The van der Waals surface area contributed by atoms with E-state index in [0.29, 0.717) is 29.8 Å². The van der Waals surface area contributed by atoms with Crippen molar-refractivity contribution in [2.24, 2.45) is 0 Å². The van der Waals surface area contributed by atoms with Gasteiger partial charge >= 0.3 is 5.97 Å². The van der Waals surface area contributed by atoms with E-state index in [0.717, 1.165) is 54.7 Å². The first kappa shape index (κ1) is 29.3. The SMILES string of the molecule is COC(=O)C(Cc1ccc(OCCc2nc(N3CCNCC3)sc2C)cc1)Nc1ccccc1C(=O)c1ccccc1. The lowest BCUT2D eigenvalue weighted by molar-refractivity contribution is -0.141. The second kappa shape index (κ2) is 14.1. The van der Waals surface area contributed by atoms with Gasteiger partial charge < -0.3 is 25.0 Å². The fourth-order valence-corrected chi connectivity index (χ4v) is 5.94. The zero-order valence-corrected chi connectivity index (χ0v) is 24.8. The summed E-state index contributed by atoms with van der Waals surface area (Å²) in [6.45, 7) is 6.61. The number of aryl methyl sites for hydroxylation is 1. The molecule has 0 aliphatic carbocycles. The lowest BCUT2D eigenvalue weighted by Gasteiger charge is -2.26. The molecule has 5 rings (SSSR count). The maximum Gasteiger partial charge on any atom is 0.328 e. The van der Waals surface area contributed by atoms with Crippen molar-refractivity contribution >= 4 is 33.9 Å². The van der Waals surface area contributed by atoms with Crippen LogP contribution in [0, 0.1) is 6.92 Å². The molecule has 0 radical (unpaired) electrons. The lowest BCUT2D eigenvalue weighted by Crippen LogP contribution is -2.43. The number of ketones is 1. The summed E-state index contributed by atoms with van der Waals surface area (Å²) in [5, 5.41) is 7.73. The Morgan fingerprint density at radius 2 is 1.71 bits per heavy atom. The molecule has 1 aliphatic rings. The van der Waals surface area contributed by atoms with Gasteiger partial charge in [0.15, 0.2) is 10.9 Å². The maximum absolute atomic E-state index is 13.2. The molecule has 2 heterocycles. The van der Waals surface area contributed by atoms with E-state index in [4.69, 9.17) is 14.5 Å². The Bertz CT molecular complexity index is 1480. The summed E-state index contributed by atoms with van der Waals surface area (Å²) in [7, 11) is 1.37. The predicted molar refractivity (Wildman–Crippen MR) is 167 cm³/mol. The molecule has 2 N–H and O–H groups in total. The standard InChI is InChI=1S/C33H36N4O4S/c1-23-28(36-33(42-23)37-19-17-34-18-20-37)16-21-41-26-14-12-24(13-15-26)22-30(32(39)40-2)35-29-11-7-6-10-27(29)31(38)25-8-4-3-5-9-25/h3-15,30,34-35H,16-22H2,1-2H3. The highest BCUT2D eigenvalue weighted by Crippen LogP contribution is 2.27. The zero-order chi connectivity index (χ0) is 29.3. The van der Waals surface area contributed by atoms with Gasteiger partial charge in [-0.25, -0.2) is 9.78 Å². The van der Waals surface area contributed by atoms with E-state index in [1.807, 2.05) is 54.6 Å². The van der Waals surface area contributed by atoms with Gasteiger partial charge in [-0.1, -0.05) is 54.6 Å². The molecule has 1 aliphatic heterocycles. The number of hydrogen-bond donors (Lipinski definition) is 2. The number of rotatable bonds is 12. The highest BCUT2D eigenvalue weighted by Gasteiger charge is 2.23. The average Bonchev–Trinajstić information content (AvgIpc) is 3.42. The van der Waals surface area contributed by atoms with Crippen LogP contribution in [0.2, 0.25) is 0 Å². The van der Waals surface area contributed by atoms with Crippen LogP contribution in [0.4, 0.5) is 10.8 Å². The van der Waals surface area contributed by atoms with Crippen molar-refractivity contribution in [3.63, 3.8) is 0 Å². The van der Waals surface area contributed by atoms with Crippen molar-refractivity contribution in [3.05, 3.63) is 106 Å². The Balaban J connectivity index is 1.19. The summed E-state index contributed by atoms with van der Waals surface area (Å²) in [5.74, 6) is 0.239. The molecule has 1 saturated heterocycles. The normalized spacial score (nSPS) is 13.8. The van der Waals surface area contributed by atoms with Gasteiger partial charge in [-0.2, -0.15) is 0 Å². The number of carbonyl (C=O) groups is 2. The van der Waals surface area contributed by atoms with Gasteiger partial charge in [0.2, 0.25) is 0 Å². The summed E-state index contributed by atoms with van der Waals surface area (Å²) in [6.07, 6.45) is 1.12. The fourth-order valence-electron chi connectivity index (χ4n) is 4.93. The minimum atomic E-state index is -0.677. The number of benzene rings is 3. The Labute approximate surface area is 250 Å². The van der Waals surface area contributed by atoms with Crippen LogP contribution in [-0.2, 0) is 22.4 Å². The van der Waals surface area contributed by atoms with Crippen LogP contribution in [0.25, 0.3) is 0 Å². The molecule has 1 fully saturated rings. The molecule has 1 aromatic heterocycles. The van der Waals surface area contributed by atoms with Gasteiger partial charge in [-0.3, -0.25) is 4.79 Å². The van der Waals surface area contributed by atoms with Gasteiger partial charge in [-0.05, 0) is 36.8 Å². The van der Waals surface area contributed by atoms with Gasteiger partial charge in [0.25, 0.3) is 0 Å². The van der Waals surface area contributed by atoms with Gasteiger partial charge in [-0.15, -0.1) is 11.3 Å². The molecule has 0 saturated carbocycles. The number of hydrogen-bond acceptors (Lipinski definition) is 9. The van der Waals surface area contributed by atoms with Crippen LogP contribution < -0.4 is 20.3 Å². The summed E-state index contributed by atoms with van der Waals surface area (Å²) in [4.78, 5) is 34.4. The van der Waals surface area contributed by atoms with Crippen LogP contribution in [0.3, 0.4) is 0 Å². The predicted octanol–water partition coefficient (Wildman–Crippen LogP) is 4.91. The largest absolute Gasteiger partial charge is 0.493 e. The van der Waals surface area contributed by atoms with Crippen molar-refractivity contribution in [2.45, 2.75) is 25.8 Å². The molecule has 42 heavy (non-hydrogen) atoms. The number of piperazine rings is 1. The maximum atomic E-state index is 13.2. The average molecular weight is 585 g/mol. The molecule has 0 amide bonds. The molecule has 4 aromatic rings. The van der Waals surface area contributed by atoms with Gasteiger partial charge in [0.1, 0.15) is 11.8 Å². The number of thiazole rings is 1. The minimum absolute atomic E-state index is 0.114. The van der Waals surface area contributed by atoms with Gasteiger partial charge in [0, 0.05) is 60.7 Å². The zero-order valence-electron chi connectivity index (χ0n) is 24.0. The monoisotopic (exact) mass is 584 g/mol. The van der Waals surface area contributed by atoms with Crippen molar-refractivity contribution < 1.29 is 19.1 Å². The molecule has 218 valence electrons. The third-order valence-electron chi connectivity index (χ3n) is 7.26. The first-order valence-corrected chi connectivity index (χ1v) is 15.0. The van der Waals surface area contributed by atoms with Crippen LogP contribution >= 0.6 is 11.3 Å². The number of carbonyl (C=O) groups excluding carboxylic acids is 2. The highest BCUT2D eigenvalue weighted by molar-refractivity contribution is 7.15. The number of nitrogens with one attached hydrogen (secondary N) is 2. The van der Waals surface area contributed by atoms with Crippen LogP contribution in [0.15, 0.2) is 78.9 Å². The lowest BCUT2D eigenvalue weighted by atomic mass is 10.00. The second-order valence-electron chi connectivity index (χ2n) is 10.1. The molecule has 3 aromatic carbocycles. The van der Waals surface area contributed by atoms with Crippen molar-refractivity contribution in [1.82, 2.24) is 10.3 Å². The van der Waals surface area contributed by atoms with E-state index in [9.17, 15) is 9.59 Å². The third-order valence-corrected chi connectivity index (χ3v) is 8.34. The third kappa shape index (κ3) is 7.35. The van der Waals surface area contributed by atoms with E-state index < -0.39 is 12.0 Å². The van der Waals surface area contributed by atoms with E-state index >= 15 is 0 Å².